The van der Waals surface area contributed by atoms with Gasteiger partial charge in [0.25, 0.3) is 0 Å². The first-order valence-electron chi connectivity index (χ1n) is 5.13. The van der Waals surface area contributed by atoms with E-state index in [-0.39, 0.29) is 5.54 Å². The second kappa shape index (κ2) is 3.18. The summed E-state index contributed by atoms with van der Waals surface area (Å²) in [5.41, 5.74) is 7.49. The van der Waals surface area contributed by atoms with Crippen molar-refractivity contribution in [2.75, 3.05) is 0 Å². The van der Waals surface area contributed by atoms with Crippen molar-refractivity contribution >= 4 is 0 Å². The van der Waals surface area contributed by atoms with Gasteiger partial charge in [-0.15, -0.1) is 0 Å². The van der Waals surface area contributed by atoms with Gasteiger partial charge in [0.1, 0.15) is 0 Å². The van der Waals surface area contributed by atoms with Crippen molar-refractivity contribution in [2.45, 2.75) is 38.1 Å². The Morgan fingerprint density at radius 2 is 2.15 bits per heavy atom. The Hall–Kier alpha value is -0.760. The summed E-state index contributed by atoms with van der Waals surface area (Å²) in [7, 11) is 0. The van der Waals surface area contributed by atoms with E-state index in [1.54, 1.807) is 0 Å². The average Bonchev–Trinajstić information content (AvgIpc) is 2.78. The van der Waals surface area contributed by atoms with Crippen LogP contribution in [0.2, 0.25) is 0 Å². The van der Waals surface area contributed by atoms with E-state index in [1.165, 1.54) is 31.2 Å². The SMILES string of the molecule is CC(N)(c1cc[nH]c1)C1CCCC1. The predicted octanol–water partition coefficient (Wildman–Crippen LogP) is 2.38. The summed E-state index contributed by atoms with van der Waals surface area (Å²) in [4.78, 5) is 3.08. The molecule has 0 bridgehead atoms. The zero-order valence-electron chi connectivity index (χ0n) is 8.22. The molecule has 2 nitrogen and oxygen atoms in total. The Bertz CT molecular complexity index is 256. The van der Waals surface area contributed by atoms with E-state index in [1.807, 2.05) is 12.4 Å². The Kier molecular flexibility index (Phi) is 2.16. The highest BCUT2D eigenvalue weighted by Gasteiger charge is 2.33. The lowest BCUT2D eigenvalue weighted by molar-refractivity contribution is 0.307. The standard InChI is InChI=1S/C11H18N2/c1-11(12,9-4-2-3-5-9)10-6-7-13-8-10/h6-9,13H,2-5,12H2,1H3. The minimum absolute atomic E-state index is 0.128. The van der Waals surface area contributed by atoms with Crippen LogP contribution in [0, 0.1) is 5.92 Å². The topological polar surface area (TPSA) is 41.8 Å². The number of H-pyrrole nitrogens is 1. The summed E-state index contributed by atoms with van der Waals surface area (Å²) in [5, 5.41) is 0. The van der Waals surface area contributed by atoms with E-state index in [2.05, 4.69) is 18.0 Å². The van der Waals surface area contributed by atoms with Gasteiger partial charge in [0.05, 0.1) is 0 Å². The van der Waals surface area contributed by atoms with Gasteiger partial charge in [-0.05, 0) is 37.3 Å². The molecule has 13 heavy (non-hydrogen) atoms. The minimum atomic E-state index is -0.128. The molecule has 0 aromatic carbocycles. The molecule has 2 heteroatoms. The number of nitrogens with two attached hydrogens (primary N) is 1. The largest absolute Gasteiger partial charge is 0.367 e. The zero-order valence-corrected chi connectivity index (χ0v) is 8.22. The average molecular weight is 178 g/mol. The second-order valence-corrected chi connectivity index (χ2v) is 4.36. The van der Waals surface area contributed by atoms with Crippen LogP contribution in [0.25, 0.3) is 0 Å². The van der Waals surface area contributed by atoms with Crippen molar-refractivity contribution in [3.05, 3.63) is 24.0 Å². The van der Waals surface area contributed by atoms with Crippen molar-refractivity contribution in [1.29, 1.82) is 0 Å². The predicted molar refractivity (Wildman–Crippen MR) is 54.3 cm³/mol. The van der Waals surface area contributed by atoms with E-state index < -0.39 is 0 Å². The molecule has 3 N–H and O–H groups in total. The lowest BCUT2D eigenvalue weighted by Crippen LogP contribution is -2.39. The number of hydrogen-bond acceptors (Lipinski definition) is 1. The first-order chi connectivity index (χ1) is 6.21. The number of aromatic amines is 1. The highest BCUT2D eigenvalue weighted by atomic mass is 14.8. The molecular weight excluding hydrogens is 160 g/mol. The maximum absolute atomic E-state index is 6.37. The van der Waals surface area contributed by atoms with Gasteiger partial charge in [-0.2, -0.15) is 0 Å². The van der Waals surface area contributed by atoms with Crippen molar-refractivity contribution in [1.82, 2.24) is 4.98 Å². The molecule has 1 heterocycles. The molecule has 0 saturated heterocycles. The van der Waals surface area contributed by atoms with Crippen LogP contribution in [0.4, 0.5) is 0 Å². The third kappa shape index (κ3) is 1.51. The maximum atomic E-state index is 6.37. The van der Waals surface area contributed by atoms with Gasteiger partial charge in [0, 0.05) is 17.9 Å². The molecule has 1 atom stereocenters. The van der Waals surface area contributed by atoms with Crippen LogP contribution in [0.15, 0.2) is 18.5 Å². The van der Waals surface area contributed by atoms with Crippen molar-refractivity contribution in [3.63, 3.8) is 0 Å². The molecule has 2 rings (SSSR count). The third-order valence-electron chi connectivity index (χ3n) is 3.42. The van der Waals surface area contributed by atoms with Gasteiger partial charge >= 0.3 is 0 Å². The van der Waals surface area contributed by atoms with Crippen molar-refractivity contribution < 1.29 is 0 Å². The molecule has 1 aromatic heterocycles. The van der Waals surface area contributed by atoms with Crippen LogP contribution < -0.4 is 5.73 Å². The van der Waals surface area contributed by atoms with Gasteiger partial charge in [0.2, 0.25) is 0 Å². The molecule has 0 amide bonds. The summed E-state index contributed by atoms with van der Waals surface area (Å²) < 4.78 is 0. The molecule has 0 spiro atoms. The second-order valence-electron chi connectivity index (χ2n) is 4.36. The van der Waals surface area contributed by atoms with Crippen molar-refractivity contribution in [3.8, 4) is 0 Å². The van der Waals surface area contributed by atoms with Crippen LogP contribution in [0.5, 0.6) is 0 Å². The molecule has 1 aliphatic rings. The first kappa shape index (κ1) is 8.82. The minimum Gasteiger partial charge on any atom is -0.367 e. The summed E-state index contributed by atoms with van der Waals surface area (Å²) in [6.07, 6.45) is 9.26. The molecule has 1 aromatic rings. The third-order valence-corrected chi connectivity index (χ3v) is 3.42. The monoisotopic (exact) mass is 178 g/mol. The molecular formula is C11H18N2. The van der Waals surface area contributed by atoms with E-state index in [4.69, 9.17) is 5.73 Å². The smallest absolute Gasteiger partial charge is 0.0424 e. The van der Waals surface area contributed by atoms with E-state index in [9.17, 15) is 0 Å². The van der Waals surface area contributed by atoms with E-state index in [0.717, 1.165) is 0 Å². The lowest BCUT2D eigenvalue weighted by Gasteiger charge is -2.30. The number of hydrogen-bond donors (Lipinski definition) is 2. The van der Waals surface area contributed by atoms with Crippen LogP contribution in [-0.4, -0.2) is 4.98 Å². The number of nitrogens with one attached hydrogen (secondary N) is 1. The van der Waals surface area contributed by atoms with Crippen LogP contribution in [0.1, 0.15) is 38.2 Å². The van der Waals surface area contributed by atoms with Gasteiger partial charge in [0.15, 0.2) is 0 Å². The number of rotatable bonds is 2. The van der Waals surface area contributed by atoms with Crippen LogP contribution >= 0.6 is 0 Å². The molecule has 1 fully saturated rings. The van der Waals surface area contributed by atoms with Crippen molar-refractivity contribution in [2.24, 2.45) is 11.7 Å². The van der Waals surface area contributed by atoms with Crippen LogP contribution in [-0.2, 0) is 5.54 Å². The van der Waals surface area contributed by atoms with Gasteiger partial charge in [-0.3, -0.25) is 0 Å². The van der Waals surface area contributed by atoms with E-state index in [0.29, 0.717) is 5.92 Å². The highest BCUT2D eigenvalue weighted by Crippen LogP contribution is 2.38. The molecule has 0 radical (unpaired) electrons. The Balaban J connectivity index is 2.19. The molecule has 1 saturated carbocycles. The molecule has 1 unspecified atom stereocenters. The first-order valence-corrected chi connectivity index (χ1v) is 5.13. The Morgan fingerprint density at radius 1 is 1.46 bits per heavy atom. The molecule has 1 aliphatic carbocycles. The normalized spacial score (nSPS) is 23.2. The summed E-state index contributed by atoms with van der Waals surface area (Å²) >= 11 is 0. The highest BCUT2D eigenvalue weighted by molar-refractivity contribution is 5.20. The zero-order chi connectivity index (χ0) is 9.31. The van der Waals surface area contributed by atoms with Gasteiger partial charge < -0.3 is 10.7 Å². The fraction of sp³-hybridized carbons (Fsp3) is 0.636. The molecule has 0 aliphatic heterocycles. The fourth-order valence-electron chi connectivity index (χ4n) is 2.42. The maximum Gasteiger partial charge on any atom is 0.0424 e. The summed E-state index contributed by atoms with van der Waals surface area (Å²) in [5.74, 6) is 0.670. The van der Waals surface area contributed by atoms with E-state index >= 15 is 0 Å². The van der Waals surface area contributed by atoms with Crippen LogP contribution in [0.3, 0.4) is 0 Å². The molecule has 72 valence electrons. The Morgan fingerprint density at radius 3 is 2.69 bits per heavy atom. The Labute approximate surface area is 79.5 Å². The quantitative estimate of drug-likeness (QED) is 0.717. The van der Waals surface area contributed by atoms with Gasteiger partial charge in [-0.25, -0.2) is 0 Å². The summed E-state index contributed by atoms with van der Waals surface area (Å²) in [6.45, 7) is 2.16. The fourth-order valence-corrected chi connectivity index (χ4v) is 2.42. The number of aromatic nitrogens is 1. The summed E-state index contributed by atoms with van der Waals surface area (Å²) in [6, 6.07) is 2.10. The lowest BCUT2D eigenvalue weighted by atomic mass is 9.81. The van der Waals surface area contributed by atoms with Gasteiger partial charge in [-0.1, -0.05) is 12.8 Å².